The van der Waals surface area contributed by atoms with Crippen LogP contribution in [0.2, 0.25) is 0 Å². The van der Waals surface area contributed by atoms with Crippen LogP contribution in [0.5, 0.6) is 0 Å². The number of hydrogen-bond donors (Lipinski definition) is 0. The summed E-state index contributed by atoms with van der Waals surface area (Å²) >= 11 is 27.9. The average Bonchev–Trinajstić information content (AvgIpc) is 3.31. The molecule has 2 aromatic rings. The lowest BCUT2D eigenvalue weighted by molar-refractivity contribution is -0.170. The molecule has 1 saturated heterocycles. The molecule has 1 heterocycles. The highest BCUT2D eigenvalue weighted by Crippen LogP contribution is 2.81. The van der Waals surface area contributed by atoms with Gasteiger partial charge in [0.2, 0.25) is 5.79 Å². The zero-order valence-corrected chi connectivity index (χ0v) is 15.9. The smallest absolute Gasteiger partial charge is 0.219 e. The average molecular weight is 414 g/mol. The Labute approximate surface area is 164 Å². The van der Waals surface area contributed by atoms with Gasteiger partial charge in [0.25, 0.3) is 0 Å². The first-order valence-electron chi connectivity index (χ1n) is 8.22. The molecule has 1 aliphatic heterocycles. The van der Waals surface area contributed by atoms with Crippen LogP contribution in [0, 0.1) is 0 Å². The topological polar surface area (TPSA) is 18.5 Å². The van der Waals surface area contributed by atoms with E-state index in [0.717, 1.165) is 11.1 Å². The third kappa shape index (κ3) is 1.33. The summed E-state index contributed by atoms with van der Waals surface area (Å²) < 4.78 is 12.2. The van der Waals surface area contributed by atoms with E-state index < -0.39 is 15.5 Å². The summed E-state index contributed by atoms with van der Waals surface area (Å²) in [5.41, 5.74) is 2.27. The maximum Gasteiger partial charge on any atom is 0.219 e. The molecule has 1 saturated carbocycles. The summed E-state index contributed by atoms with van der Waals surface area (Å²) in [4.78, 5) is -2.27. The van der Waals surface area contributed by atoms with Gasteiger partial charge in [0, 0.05) is 11.8 Å². The van der Waals surface area contributed by atoms with Crippen molar-refractivity contribution in [2.24, 2.45) is 0 Å². The molecule has 0 aromatic heterocycles. The zero-order valence-electron chi connectivity index (χ0n) is 12.9. The first-order chi connectivity index (χ1) is 12.0. The van der Waals surface area contributed by atoms with Gasteiger partial charge in [0.15, 0.2) is 0 Å². The van der Waals surface area contributed by atoms with Crippen molar-refractivity contribution in [2.75, 3.05) is 13.2 Å². The van der Waals surface area contributed by atoms with Gasteiger partial charge in [-0.2, -0.15) is 0 Å². The molecule has 0 N–H and O–H groups in total. The second-order valence-electron chi connectivity index (χ2n) is 7.11. The number of alkyl halides is 2. The molecule has 4 atom stereocenters. The molecule has 1 spiro atoms. The van der Waals surface area contributed by atoms with Crippen molar-refractivity contribution in [1.29, 1.82) is 0 Å². The van der Waals surface area contributed by atoms with Gasteiger partial charge in [0.05, 0.1) is 23.3 Å². The molecule has 2 aromatic carbocycles. The number of fused-ring (bicyclic) bond motifs is 5. The van der Waals surface area contributed by atoms with Crippen LogP contribution >= 0.6 is 46.4 Å². The fourth-order valence-corrected chi connectivity index (χ4v) is 7.67. The number of hydrogen-bond acceptors (Lipinski definition) is 2. The summed E-state index contributed by atoms with van der Waals surface area (Å²) in [7, 11) is 0. The van der Waals surface area contributed by atoms with Crippen LogP contribution in [0.4, 0.5) is 0 Å². The highest BCUT2D eigenvalue weighted by atomic mass is 35.5. The molecule has 2 fully saturated rings. The standard InChI is InChI=1S/C19H12Cl4O2/c20-15-16(21)18(23)14-11-6-2-4-9-3-1-5-10(12(9)11)13(14)17(15,22)19(18)24-7-8-25-19/h1-6,13-14H,7-8H2/t13-,14-,17+,18+/m1/s1. The first-order valence-corrected chi connectivity index (χ1v) is 9.73. The molecule has 128 valence electrons. The van der Waals surface area contributed by atoms with E-state index in [2.05, 4.69) is 24.3 Å². The predicted octanol–water partition coefficient (Wildman–Crippen LogP) is 5.44. The molecule has 0 amide bonds. The van der Waals surface area contributed by atoms with Gasteiger partial charge in [-0.05, 0) is 21.9 Å². The second kappa shape index (κ2) is 4.49. The zero-order chi connectivity index (χ0) is 17.2. The van der Waals surface area contributed by atoms with Gasteiger partial charge >= 0.3 is 0 Å². The maximum absolute atomic E-state index is 7.26. The summed E-state index contributed by atoms with van der Waals surface area (Å²) in [5, 5.41) is 3.05. The summed E-state index contributed by atoms with van der Waals surface area (Å²) in [6, 6.07) is 12.5. The highest BCUT2D eigenvalue weighted by molar-refractivity contribution is 6.52. The molecule has 0 radical (unpaired) electrons. The van der Waals surface area contributed by atoms with E-state index in [9.17, 15) is 0 Å². The normalized spacial score (nSPS) is 39.8. The van der Waals surface area contributed by atoms with Crippen LogP contribution in [0.1, 0.15) is 23.0 Å². The molecule has 25 heavy (non-hydrogen) atoms. The third-order valence-corrected chi connectivity index (χ3v) is 8.92. The van der Waals surface area contributed by atoms with Gasteiger partial charge in [-0.15, -0.1) is 23.2 Å². The molecular formula is C19H12Cl4O2. The van der Waals surface area contributed by atoms with E-state index in [4.69, 9.17) is 55.9 Å². The van der Waals surface area contributed by atoms with Gasteiger partial charge in [-0.1, -0.05) is 59.6 Å². The molecular weight excluding hydrogens is 402 g/mol. The Kier molecular flexibility index (Phi) is 2.80. The molecule has 3 aliphatic carbocycles. The lowest BCUT2D eigenvalue weighted by Gasteiger charge is -2.39. The quantitative estimate of drug-likeness (QED) is 0.535. The van der Waals surface area contributed by atoms with E-state index in [1.165, 1.54) is 10.8 Å². The number of halogens is 4. The predicted molar refractivity (Wildman–Crippen MR) is 100.0 cm³/mol. The molecule has 0 unspecified atom stereocenters. The first kappa shape index (κ1) is 15.6. The Bertz CT molecular complexity index is 927. The third-order valence-electron chi connectivity index (χ3n) is 6.31. The minimum absolute atomic E-state index is 0.152. The second-order valence-corrected chi connectivity index (χ2v) is 9.06. The molecule has 2 nitrogen and oxygen atoms in total. The van der Waals surface area contributed by atoms with Crippen molar-refractivity contribution in [3.63, 3.8) is 0 Å². The van der Waals surface area contributed by atoms with Crippen LogP contribution in [0.15, 0.2) is 46.5 Å². The fraction of sp³-hybridized carbons (Fsp3) is 0.368. The minimum Gasteiger partial charge on any atom is -0.344 e. The molecule has 4 aliphatic rings. The van der Waals surface area contributed by atoms with Crippen LogP contribution in [-0.2, 0) is 9.47 Å². The molecule has 2 bridgehead atoms. The maximum atomic E-state index is 7.26. The van der Waals surface area contributed by atoms with Gasteiger partial charge in [-0.25, -0.2) is 0 Å². The van der Waals surface area contributed by atoms with Gasteiger partial charge < -0.3 is 9.47 Å². The number of rotatable bonds is 0. The van der Waals surface area contributed by atoms with E-state index in [-0.39, 0.29) is 11.8 Å². The van der Waals surface area contributed by atoms with Crippen LogP contribution in [0.25, 0.3) is 10.8 Å². The lowest BCUT2D eigenvalue weighted by atomic mass is 9.80. The Hall–Kier alpha value is -0.480. The van der Waals surface area contributed by atoms with Crippen molar-refractivity contribution in [3.05, 3.63) is 57.6 Å². The monoisotopic (exact) mass is 412 g/mol. The van der Waals surface area contributed by atoms with E-state index in [1.54, 1.807) is 0 Å². The Morgan fingerprint density at radius 3 is 1.76 bits per heavy atom. The summed E-state index contributed by atoms with van der Waals surface area (Å²) in [5.74, 6) is -1.55. The van der Waals surface area contributed by atoms with Crippen molar-refractivity contribution in [2.45, 2.75) is 27.4 Å². The molecule has 6 heteroatoms. The van der Waals surface area contributed by atoms with Crippen LogP contribution in [0.3, 0.4) is 0 Å². The van der Waals surface area contributed by atoms with E-state index in [0.29, 0.717) is 23.3 Å². The van der Waals surface area contributed by atoms with Crippen molar-refractivity contribution in [3.8, 4) is 0 Å². The van der Waals surface area contributed by atoms with Crippen molar-refractivity contribution < 1.29 is 9.47 Å². The Morgan fingerprint density at radius 2 is 1.28 bits per heavy atom. The minimum atomic E-state index is -1.25. The Morgan fingerprint density at radius 1 is 0.800 bits per heavy atom. The van der Waals surface area contributed by atoms with E-state index >= 15 is 0 Å². The van der Waals surface area contributed by atoms with E-state index in [1.807, 2.05) is 12.1 Å². The van der Waals surface area contributed by atoms with Gasteiger partial charge in [-0.3, -0.25) is 0 Å². The number of ether oxygens (including phenoxy) is 2. The Balaban J connectivity index is 1.76. The largest absolute Gasteiger partial charge is 0.344 e. The fourth-order valence-electron chi connectivity index (χ4n) is 5.55. The van der Waals surface area contributed by atoms with Crippen LogP contribution < -0.4 is 0 Å². The SMILES string of the molecule is ClC1=C(Cl)[C@@]2(Cl)[C@@H]3c4cccc5cccc(c45)[C@H]3[C@@]1(Cl)C21OCCO1. The number of benzene rings is 2. The van der Waals surface area contributed by atoms with Crippen molar-refractivity contribution >= 4 is 57.2 Å². The van der Waals surface area contributed by atoms with Gasteiger partial charge in [0.1, 0.15) is 9.75 Å². The van der Waals surface area contributed by atoms with Crippen molar-refractivity contribution in [1.82, 2.24) is 0 Å². The molecule has 6 rings (SSSR count). The highest BCUT2D eigenvalue weighted by Gasteiger charge is 2.87. The summed E-state index contributed by atoms with van der Waals surface area (Å²) in [6.45, 7) is 0.838. The summed E-state index contributed by atoms with van der Waals surface area (Å²) in [6.07, 6.45) is 0. The van der Waals surface area contributed by atoms with Crippen LogP contribution in [-0.4, -0.2) is 28.7 Å². The lowest BCUT2D eigenvalue weighted by Crippen LogP contribution is -2.55.